The fraction of sp³-hybridized carbons (Fsp3) is 0.214. The zero-order valence-corrected chi connectivity index (χ0v) is 12.2. The summed E-state index contributed by atoms with van der Waals surface area (Å²) in [6.45, 7) is 2.25. The van der Waals surface area contributed by atoms with Crippen LogP contribution in [0.15, 0.2) is 48.7 Å². The number of non-ortho nitro benzene ring substituents is 1. The van der Waals surface area contributed by atoms with E-state index in [9.17, 15) is 10.1 Å². The SMILES string of the molecule is Cl.O=[N+]([O-])c1ccc(NCCNCc2ccccn2)cc1. The summed E-state index contributed by atoms with van der Waals surface area (Å²) in [4.78, 5) is 14.3. The van der Waals surface area contributed by atoms with Crippen LogP contribution in [0.25, 0.3) is 0 Å². The van der Waals surface area contributed by atoms with Crippen molar-refractivity contribution in [1.82, 2.24) is 10.3 Å². The molecule has 0 fully saturated rings. The van der Waals surface area contributed by atoms with Gasteiger partial charge in [-0.2, -0.15) is 0 Å². The molecule has 2 aromatic rings. The molecule has 112 valence electrons. The third-order valence-corrected chi connectivity index (χ3v) is 2.74. The van der Waals surface area contributed by atoms with Gasteiger partial charge in [0.25, 0.3) is 5.69 Å². The fourth-order valence-electron chi connectivity index (χ4n) is 1.72. The zero-order valence-electron chi connectivity index (χ0n) is 11.4. The monoisotopic (exact) mass is 308 g/mol. The van der Waals surface area contributed by atoms with Gasteiger partial charge in [0, 0.05) is 43.7 Å². The van der Waals surface area contributed by atoms with Crippen LogP contribution in [0.5, 0.6) is 0 Å². The molecule has 0 bridgehead atoms. The lowest BCUT2D eigenvalue weighted by Gasteiger charge is -2.07. The summed E-state index contributed by atoms with van der Waals surface area (Å²) < 4.78 is 0. The van der Waals surface area contributed by atoms with Gasteiger partial charge in [0.05, 0.1) is 10.6 Å². The van der Waals surface area contributed by atoms with Crippen molar-refractivity contribution in [3.63, 3.8) is 0 Å². The van der Waals surface area contributed by atoms with Gasteiger partial charge in [0.1, 0.15) is 0 Å². The molecular formula is C14H17ClN4O2. The van der Waals surface area contributed by atoms with Gasteiger partial charge < -0.3 is 10.6 Å². The molecular weight excluding hydrogens is 292 g/mol. The van der Waals surface area contributed by atoms with Crippen LogP contribution < -0.4 is 10.6 Å². The van der Waals surface area contributed by atoms with Gasteiger partial charge in [-0.3, -0.25) is 15.1 Å². The Labute approximate surface area is 129 Å². The number of pyridine rings is 1. The summed E-state index contributed by atoms with van der Waals surface area (Å²) in [5.74, 6) is 0. The average Bonchev–Trinajstić information content (AvgIpc) is 2.48. The normalized spacial score (nSPS) is 9.71. The molecule has 6 nitrogen and oxygen atoms in total. The number of anilines is 1. The van der Waals surface area contributed by atoms with Gasteiger partial charge in [0.2, 0.25) is 0 Å². The summed E-state index contributed by atoms with van der Waals surface area (Å²) in [7, 11) is 0. The van der Waals surface area contributed by atoms with Crippen LogP contribution in [0, 0.1) is 10.1 Å². The fourth-order valence-corrected chi connectivity index (χ4v) is 1.72. The molecule has 1 aromatic carbocycles. The van der Waals surface area contributed by atoms with Crippen LogP contribution >= 0.6 is 12.4 Å². The minimum Gasteiger partial charge on any atom is -0.384 e. The third-order valence-electron chi connectivity index (χ3n) is 2.74. The van der Waals surface area contributed by atoms with Gasteiger partial charge in [-0.15, -0.1) is 12.4 Å². The van der Waals surface area contributed by atoms with Crippen molar-refractivity contribution in [1.29, 1.82) is 0 Å². The first kappa shape index (κ1) is 16.9. The number of nitro groups is 1. The molecule has 0 unspecified atom stereocenters. The van der Waals surface area contributed by atoms with Gasteiger partial charge in [-0.25, -0.2) is 0 Å². The quantitative estimate of drug-likeness (QED) is 0.467. The van der Waals surface area contributed by atoms with Crippen molar-refractivity contribution < 1.29 is 4.92 Å². The first-order valence-electron chi connectivity index (χ1n) is 6.34. The number of hydrogen-bond donors (Lipinski definition) is 2. The Morgan fingerprint density at radius 2 is 1.86 bits per heavy atom. The van der Waals surface area contributed by atoms with Crippen molar-refractivity contribution in [2.24, 2.45) is 0 Å². The topological polar surface area (TPSA) is 80.1 Å². The Bertz CT molecular complexity index is 549. The Hall–Kier alpha value is -2.18. The average molecular weight is 309 g/mol. The van der Waals surface area contributed by atoms with E-state index in [1.54, 1.807) is 18.3 Å². The second-order valence-electron chi connectivity index (χ2n) is 4.23. The minimum atomic E-state index is -0.405. The van der Waals surface area contributed by atoms with Crippen LogP contribution in [0.1, 0.15) is 5.69 Å². The number of aromatic nitrogens is 1. The number of nitro benzene ring substituents is 1. The molecule has 0 spiro atoms. The maximum absolute atomic E-state index is 10.5. The van der Waals surface area contributed by atoms with E-state index in [1.165, 1.54) is 12.1 Å². The summed E-state index contributed by atoms with van der Waals surface area (Å²) in [5, 5.41) is 17.0. The van der Waals surface area contributed by atoms with Gasteiger partial charge in [0.15, 0.2) is 0 Å². The van der Waals surface area contributed by atoms with E-state index in [0.717, 1.165) is 31.0 Å². The van der Waals surface area contributed by atoms with E-state index in [4.69, 9.17) is 0 Å². The predicted octanol–water partition coefficient (Wildman–Crippen LogP) is 2.61. The van der Waals surface area contributed by atoms with Crippen LogP contribution in [0.4, 0.5) is 11.4 Å². The molecule has 1 aromatic heterocycles. The van der Waals surface area contributed by atoms with Crippen LogP contribution in [0.3, 0.4) is 0 Å². The van der Waals surface area contributed by atoms with E-state index in [1.807, 2.05) is 18.2 Å². The molecule has 2 rings (SSSR count). The van der Waals surface area contributed by atoms with E-state index in [0.29, 0.717) is 0 Å². The smallest absolute Gasteiger partial charge is 0.269 e. The number of nitrogens with zero attached hydrogens (tertiary/aromatic N) is 2. The maximum Gasteiger partial charge on any atom is 0.269 e. The van der Waals surface area contributed by atoms with Gasteiger partial charge >= 0.3 is 0 Å². The van der Waals surface area contributed by atoms with Crippen molar-refractivity contribution in [2.45, 2.75) is 6.54 Å². The molecule has 0 aliphatic carbocycles. The molecule has 21 heavy (non-hydrogen) atoms. The van der Waals surface area contributed by atoms with Gasteiger partial charge in [-0.1, -0.05) is 6.07 Å². The van der Waals surface area contributed by atoms with Crippen LogP contribution in [-0.4, -0.2) is 23.0 Å². The standard InChI is InChI=1S/C14H16N4O2.ClH/c19-18(20)14-6-4-12(5-7-14)17-10-9-15-11-13-3-1-2-8-16-13;/h1-8,15,17H,9-11H2;1H. The van der Waals surface area contributed by atoms with E-state index in [2.05, 4.69) is 15.6 Å². The summed E-state index contributed by atoms with van der Waals surface area (Å²) in [6, 6.07) is 12.2. The van der Waals surface area contributed by atoms with E-state index >= 15 is 0 Å². The maximum atomic E-state index is 10.5. The molecule has 0 aliphatic heterocycles. The third kappa shape index (κ3) is 5.76. The molecule has 0 saturated carbocycles. The van der Waals surface area contributed by atoms with Crippen molar-refractivity contribution >= 4 is 23.8 Å². The van der Waals surface area contributed by atoms with E-state index in [-0.39, 0.29) is 18.1 Å². The highest BCUT2D eigenvalue weighted by Crippen LogP contribution is 2.14. The highest BCUT2D eigenvalue weighted by Gasteiger charge is 2.03. The minimum absolute atomic E-state index is 0. The lowest BCUT2D eigenvalue weighted by Crippen LogP contribution is -2.22. The van der Waals surface area contributed by atoms with Crippen molar-refractivity contribution in [2.75, 3.05) is 18.4 Å². The molecule has 0 amide bonds. The lowest BCUT2D eigenvalue weighted by molar-refractivity contribution is -0.384. The number of hydrogen-bond acceptors (Lipinski definition) is 5. The molecule has 0 radical (unpaired) electrons. The highest BCUT2D eigenvalue weighted by atomic mass is 35.5. The largest absolute Gasteiger partial charge is 0.384 e. The van der Waals surface area contributed by atoms with Crippen molar-refractivity contribution in [3.05, 3.63) is 64.5 Å². The van der Waals surface area contributed by atoms with Crippen LogP contribution in [-0.2, 0) is 6.54 Å². The zero-order chi connectivity index (χ0) is 14.2. The summed E-state index contributed by atoms with van der Waals surface area (Å²) in [5.41, 5.74) is 1.97. The summed E-state index contributed by atoms with van der Waals surface area (Å²) in [6.07, 6.45) is 1.77. The van der Waals surface area contributed by atoms with Gasteiger partial charge in [-0.05, 0) is 24.3 Å². The Morgan fingerprint density at radius 3 is 2.48 bits per heavy atom. The number of rotatable bonds is 7. The second kappa shape index (κ2) is 8.89. The molecule has 2 N–H and O–H groups in total. The number of halogens is 1. The Morgan fingerprint density at radius 1 is 1.10 bits per heavy atom. The highest BCUT2D eigenvalue weighted by molar-refractivity contribution is 5.85. The summed E-state index contributed by atoms with van der Waals surface area (Å²) >= 11 is 0. The number of nitrogens with one attached hydrogen (secondary N) is 2. The predicted molar refractivity (Wildman–Crippen MR) is 84.8 cm³/mol. The number of benzene rings is 1. The molecule has 0 aliphatic rings. The Balaban J connectivity index is 0.00000220. The first-order valence-corrected chi connectivity index (χ1v) is 6.34. The molecule has 0 atom stereocenters. The van der Waals surface area contributed by atoms with E-state index < -0.39 is 4.92 Å². The molecule has 7 heteroatoms. The molecule has 0 saturated heterocycles. The Kier molecular flexibility index (Phi) is 7.14. The first-order chi connectivity index (χ1) is 9.75. The lowest BCUT2D eigenvalue weighted by atomic mass is 10.3. The second-order valence-corrected chi connectivity index (χ2v) is 4.23. The molecule has 1 heterocycles. The van der Waals surface area contributed by atoms with Crippen molar-refractivity contribution in [3.8, 4) is 0 Å². The van der Waals surface area contributed by atoms with Crippen LogP contribution in [0.2, 0.25) is 0 Å².